The van der Waals surface area contributed by atoms with E-state index < -0.39 is 0 Å². The molecule has 2 heterocycles. The van der Waals surface area contributed by atoms with Crippen molar-refractivity contribution >= 4 is 27.4 Å². The molecule has 0 aliphatic heterocycles. The maximum absolute atomic E-state index is 4.53. The van der Waals surface area contributed by atoms with Gasteiger partial charge in [-0.3, -0.25) is 0 Å². The number of hydrogen-bond donors (Lipinski definition) is 1. The zero-order valence-electron chi connectivity index (χ0n) is 10.3. The van der Waals surface area contributed by atoms with Gasteiger partial charge in [0.05, 0.1) is 10.7 Å². The van der Waals surface area contributed by atoms with Crippen LogP contribution in [0, 0.1) is 5.92 Å². The molecule has 0 fully saturated rings. The van der Waals surface area contributed by atoms with Crippen molar-refractivity contribution in [2.45, 2.75) is 33.2 Å². The molecule has 2 atom stereocenters. The van der Waals surface area contributed by atoms with Gasteiger partial charge in [0.15, 0.2) is 5.65 Å². The van der Waals surface area contributed by atoms with E-state index in [4.69, 9.17) is 0 Å². The van der Waals surface area contributed by atoms with Crippen molar-refractivity contribution in [1.82, 2.24) is 14.6 Å². The Bertz CT molecular complexity index is 508. The number of halogens is 1. The third-order valence-electron chi connectivity index (χ3n) is 3.20. The zero-order chi connectivity index (χ0) is 12.4. The van der Waals surface area contributed by atoms with Gasteiger partial charge in [-0.25, -0.2) is 9.50 Å². The first kappa shape index (κ1) is 12.4. The summed E-state index contributed by atoms with van der Waals surface area (Å²) < 4.78 is 2.67. The molecular formula is C12H17BrN4. The van der Waals surface area contributed by atoms with Crippen molar-refractivity contribution in [1.29, 1.82) is 0 Å². The first-order chi connectivity index (χ1) is 8.11. The molecule has 0 radical (unpaired) electrons. The number of nitrogens with zero attached hydrogens (tertiary/aromatic N) is 3. The summed E-state index contributed by atoms with van der Waals surface area (Å²) in [5.41, 5.74) is 0.839. The molecule has 0 bridgehead atoms. The predicted octanol–water partition coefficient (Wildman–Crippen LogP) is 3.34. The molecule has 5 heteroatoms. The van der Waals surface area contributed by atoms with Crippen molar-refractivity contribution in [3.05, 3.63) is 22.9 Å². The van der Waals surface area contributed by atoms with E-state index in [2.05, 4.69) is 52.1 Å². The fourth-order valence-corrected chi connectivity index (χ4v) is 2.01. The molecule has 2 unspecified atom stereocenters. The standard InChI is InChI=1S/C12H17BrN4/c1-4-8(2)9(3)15-11-5-6-17-12(16-11)10(13)7-14-17/h5-9H,4H2,1-3H3,(H,15,16). The Morgan fingerprint density at radius 3 is 2.94 bits per heavy atom. The highest BCUT2D eigenvalue weighted by molar-refractivity contribution is 9.10. The van der Waals surface area contributed by atoms with Gasteiger partial charge in [-0.2, -0.15) is 5.10 Å². The van der Waals surface area contributed by atoms with Gasteiger partial charge in [0.2, 0.25) is 0 Å². The van der Waals surface area contributed by atoms with Crippen LogP contribution >= 0.6 is 15.9 Å². The Morgan fingerprint density at radius 2 is 2.24 bits per heavy atom. The third-order valence-corrected chi connectivity index (χ3v) is 3.76. The second kappa shape index (κ2) is 5.04. The minimum Gasteiger partial charge on any atom is -0.367 e. The number of nitrogens with one attached hydrogen (secondary N) is 1. The molecule has 0 spiro atoms. The Balaban J connectivity index is 2.21. The monoisotopic (exact) mass is 296 g/mol. The lowest BCUT2D eigenvalue weighted by Crippen LogP contribution is -2.23. The zero-order valence-corrected chi connectivity index (χ0v) is 11.9. The summed E-state index contributed by atoms with van der Waals surface area (Å²) in [6.07, 6.45) is 4.83. The number of hydrogen-bond acceptors (Lipinski definition) is 3. The highest BCUT2D eigenvalue weighted by atomic mass is 79.9. The third kappa shape index (κ3) is 2.60. The summed E-state index contributed by atoms with van der Waals surface area (Å²) in [6, 6.07) is 2.36. The fraction of sp³-hybridized carbons (Fsp3) is 0.500. The molecule has 0 saturated heterocycles. The normalized spacial score (nSPS) is 14.8. The minimum atomic E-state index is 0.414. The summed E-state index contributed by atoms with van der Waals surface area (Å²) in [7, 11) is 0. The molecular weight excluding hydrogens is 280 g/mol. The van der Waals surface area contributed by atoms with Crippen LogP contribution in [0.15, 0.2) is 22.9 Å². The van der Waals surface area contributed by atoms with Gasteiger partial charge in [-0.15, -0.1) is 0 Å². The number of rotatable bonds is 4. The molecule has 92 valence electrons. The van der Waals surface area contributed by atoms with Crippen molar-refractivity contribution in [2.24, 2.45) is 5.92 Å². The smallest absolute Gasteiger partial charge is 0.171 e. The van der Waals surface area contributed by atoms with Crippen molar-refractivity contribution in [3.8, 4) is 0 Å². The van der Waals surface area contributed by atoms with E-state index in [-0.39, 0.29) is 0 Å². The van der Waals surface area contributed by atoms with Crippen molar-refractivity contribution in [3.63, 3.8) is 0 Å². The largest absolute Gasteiger partial charge is 0.367 e. The summed E-state index contributed by atoms with van der Waals surface area (Å²) >= 11 is 3.44. The number of fused-ring (bicyclic) bond motifs is 1. The number of aromatic nitrogens is 3. The summed E-state index contributed by atoms with van der Waals surface area (Å²) in [5, 5.41) is 7.60. The van der Waals surface area contributed by atoms with Gasteiger partial charge >= 0.3 is 0 Å². The van der Waals surface area contributed by atoms with Gasteiger partial charge in [-0.1, -0.05) is 20.3 Å². The average molecular weight is 297 g/mol. The predicted molar refractivity (Wildman–Crippen MR) is 73.2 cm³/mol. The van der Waals surface area contributed by atoms with Crippen molar-refractivity contribution in [2.75, 3.05) is 5.32 Å². The van der Waals surface area contributed by atoms with Crippen LogP contribution in [0.2, 0.25) is 0 Å². The molecule has 0 saturated carbocycles. The van der Waals surface area contributed by atoms with Gasteiger partial charge < -0.3 is 5.32 Å². The minimum absolute atomic E-state index is 0.414. The lowest BCUT2D eigenvalue weighted by atomic mass is 10.0. The quantitative estimate of drug-likeness (QED) is 0.941. The first-order valence-electron chi connectivity index (χ1n) is 5.88. The van der Waals surface area contributed by atoms with Gasteiger partial charge in [0.1, 0.15) is 5.82 Å². The van der Waals surface area contributed by atoms with Crippen LogP contribution < -0.4 is 5.32 Å². The molecule has 0 amide bonds. The summed E-state index contributed by atoms with van der Waals surface area (Å²) in [5.74, 6) is 1.52. The van der Waals surface area contributed by atoms with E-state index in [1.165, 1.54) is 0 Å². The molecule has 4 nitrogen and oxygen atoms in total. The molecule has 0 aliphatic rings. The lowest BCUT2D eigenvalue weighted by molar-refractivity contribution is 0.493. The maximum atomic E-state index is 4.53. The molecule has 1 N–H and O–H groups in total. The Morgan fingerprint density at radius 1 is 1.47 bits per heavy atom. The van der Waals surface area contributed by atoms with E-state index in [1.54, 1.807) is 10.7 Å². The van der Waals surface area contributed by atoms with E-state index in [9.17, 15) is 0 Å². The highest BCUT2D eigenvalue weighted by Gasteiger charge is 2.11. The topological polar surface area (TPSA) is 42.2 Å². The Hall–Kier alpha value is -1.10. The molecule has 0 aliphatic carbocycles. The lowest BCUT2D eigenvalue weighted by Gasteiger charge is -2.20. The van der Waals surface area contributed by atoms with E-state index in [0.29, 0.717) is 12.0 Å². The SMILES string of the molecule is CCC(C)C(C)Nc1ccn2ncc(Br)c2n1. The molecule has 0 aromatic carbocycles. The van der Waals surface area contributed by atoms with Crippen molar-refractivity contribution < 1.29 is 0 Å². The van der Waals surface area contributed by atoms with E-state index in [1.807, 2.05) is 12.3 Å². The van der Waals surface area contributed by atoms with Crippen LogP contribution in [0.3, 0.4) is 0 Å². The highest BCUT2D eigenvalue weighted by Crippen LogP contribution is 2.18. The maximum Gasteiger partial charge on any atom is 0.171 e. The second-order valence-corrected chi connectivity index (χ2v) is 5.25. The average Bonchev–Trinajstić information content (AvgIpc) is 2.70. The second-order valence-electron chi connectivity index (χ2n) is 4.39. The van der Waals surface area contributed by atoms with Gasteiger partial charge in [-0.05, 0) is 34.8 Å². The van der Waals surface area contributed by atoms with Crippen LogP contribution in [0.1, 0.15) is 27.2 Å². The Labute approximate surface area is 110 Å². The van der Waals surface area contributed by atoms with Gasteiger partial charge in [0, 0.05) is 12.2 Å². The summed E-state index contributed by atoms with van der Waals surface area (Å²) in [4.78, 5) is 4.53. The van der Waals surface area contributed by atoms with E-state index in [0.717, 1.165) is 22.4 Å². The number of anilines is 1. The first-order valence-corrected chi connectivity index (χ1v) is 6.67. The molecule has 2 rings (SSSR count). The van der Waals surface area contributed by atoms with Crippen LogP contribution in [0.4, 0.5) is 5.82 Å². The summed E-state index contributed by atoms with van der Waals surface area (Å²) in [6.45, 7) is 6.63. The van der Waals surface area contributed by atoms with Crippen LogP contribution in [0.5, 0.6) is 0 Å². The molecule has 17 heavy (non-hydrogen) atoms. The van der Waals surface area contributed by atoms with Crippen LogP contribution in [-0.4, -0.2) is 20.6 Å². The van der Waals surface area contributed by atoms with Crippen LogP contribution in [0.25, 0.3) is 5.65 Å². The van der Waals surface area contributed by atoms with Crippen LogP contribution in [-0.2, 0) is 0 Å². The van der Waals surface area contributed by atoms with Gasteiger partial charge in [0.25, 0.3) is 0 Å². The molecule has 2 aromatic rings. The van der Waals surface area contributed by atoms with E-state index >= 15 is 0 Å². The molecule has 2 aromatic heterocycles. The fourth-order valence-electron chi connectivity index (χ4n) is 1.65. The Kier molecular flexibility index (Phi) is 3.66.